The van der Waals surface area contributed by atoms with Gasteiger partial charge in [-0.2, -0.15) is 0 Å². The van der Waals surface area contributed by atoms with Crippen molar-refractivity contribution >= 4 is 11.6 Å². The maximum atomic E-state index is 6.72. The third-order valence-corrected chi connectivity index (χ3v) is 7.00. The van der Waals surface area contributed by atoms with Gasteiger partial charge in [-0.15, -0.1) is 11.6 Å². The molecule has 0 radical (unpaired) electrons. The Morgan fingerprint density at radius 1 is 1.24 bits per heavy atom. The lowest BCUT2D eigenvalue weighted by Crippen LogP contribution is -2.39. The number of likely N-dealkylation sites (tertiary alicyclic amines) is 1. The van der Waals surface area contributed by atoms with Crippen LogP contribution in [0, 0.1) is 16.7 Å². The van der Waals surface area contributed by atoms with Crippen molar-refractivity contribution in [2.45, 2.75) is 57.7 Å². The van der Waals surface area contributed by atoms with Crippen LogP contribution in [-0.2, 0) is 0 Å². The Morgan fingerprint density at radius 2 is 1.94 bits per heavy atom. The molecule has 2 bridgehead atoms. The molecule has 0 aromatic heterocycles. The quantitative estimate of drug-likeness (QED) is 0.692. The van der Waals surface area contributed by atoms with Crippen LogP contribution in [0.1, 0.15) is 52.4 Å². The highest BCUT2D eigenvalue weighted by atomic mass is 35.5. The standard InChI is InChI=1S/C15H26ClN/c1-14(2)12-5-6-15(14,13(16)11-12)7-10-17-8-3-4-9-17/h12-13H,3-11H2,1-2H3/t12-,13+,15-/m0/s1. The maximum Gasteiger partial charge on any atom is 0.0400 e. The van der Waals surface area contributed by atoms with Crippen molar-refractivity contribution < 1.29 is 0 Å². The van der Waals surface area contributed by atoms with Gasteiger partial charge in [0.1, 0.15) is 0 Å². The molecule has 0 amide bonds. The number of fused-ring (bicyclic) bond motifs is 2. The minimum Gasteiger partial charge on any atom is -0.303 e. The van der Waals surface area contributed by atoms with Crippen LogP contribution in [-0.4, -0.2) is 29.9 Å². The Hall–Kier alpha value is 0.250. The van der Waals surface area contributed by atoms with E-state index < -0.39 is 0 Å². The zero-order valence-electron chi connectivity index (χ0n) is 11.3. The molecule has 3 atom stereocenters. The van der Waals surface area contributed by atoms with Gasteiger partial charge in [0.2, 0.25) is 0 Å². The Balaban J connectivity index is 1.70. The van der Waals surface area contributed by atoms with Gasteiger partial charge in [-0.25, -0.2) is 0 Å². The number of alkyl halides is 1. The topological polar surface area (TPSA) is 3.24 Å². The summed E-state index contributed by atoms with van der Waals surface area (Å²) in [6.07, 6.45) is 8.23. The first-order valence-corrected chi connectivity index (χ1v) is 7.86. The number of halogens is 1. The van der Waals surface area contributed by atoms with Crippen molar-refractivity contribution in [3.05, 3.63) is 0 Å². The van der Waals surface area contributed by atoms with Crippen LogP contribution < -0.4 is 0 Å². The van der Waals surface area contributed by atoms with Crippen LogP contribution >= 0.6 is 11.6 Å². The highest BCUT2D eigenvalue weighted by Crippen LogP contribution is 2.68. The Labute approximate surface area is 111 Å². The molecule has 0 N–H and O–H groups in total. The molecule has 1 aliphatic heterocycles. The number of nitrogens with zero attached hydrogens (tertiary/aromatic N) is 1. The first-order chi connectivity index (χ1) is 8.06. The smallest absolute Gasteiger partial charge is 0.0400 e. The van der Waals surface area contributed by atoms with Gasteiger partial charge in [-0.3, -0.25) is 0 Å². The van der Waals surface area contributed by atoms with E-state index in [4.69, 9.17) is 11.6 Å². The molecule has 17 heavy (non-hydrogen) atoms. The lowest BCUT2D eigenvalue weighted by molar-refractivity contribution is 0.103. The van der Waals surface area contributed by atoms with E-state index >= 15 is 0 Å². The number of rotatable bonds is 3. The SMILES string of the molecule is CC1(C)[C@H]2CC[C@]1(CCN1CCCC1)[C@H](Cl)C2. The zero-order valence-corrected chi connectivity index (χ0v) is 12.1. The van der Waals surface area contributed by atoms with Gasteiger partial charge in [0.25, 0.3) is 0 Å². The van der Waals surface area contributed by atoms with Crippen molar-refractivity contribution in [1.82, 2.24) is 4.90 Å². The van der Waals surface area contributed by atoms with E-state index in [9.17, 15) is 0 Å². The molecule has 3 fully saturated rings. The molecule has 98 valence electrons. The summed E-state index contributed by atoms with van der Waals surface area (Å²) in [5, 5.41) is 0.443. The Bertz CT molecular complexity index is 295. The summed E-state index contributed by atoms with van der Waals surface area (Å²) in [6.45, 7) is 8.91. The van der Waals surface area contributed by atoms with Crippen LogP contribution in [0.15, 0.2) is 0 Å². The number of hydrogen-bond acceptors (Lipinski definition) is 1. The molecule has 0 aromatic rings. The Kier molecular flexibility index (Phi) is 2.99. The van der Waals surface area contributed by atoms with Gasteiger partial charge in [0, 0.05) is 5.38 Å². The van der Waals surface area contributed by atoms with E-state index in [0.29, 0.717) is 16.2 Å². The van der Waals surface area contributed by atoms with Crippen molar-refractivity contribution in [2.75, 3.05) is 19.6 Å². The van der Waals surface area contributed by atoms with Crippen molar-refractivity contribution in [3.8, 4) is 0 Å². The van der Waals surface area contributed by atoms with Gasteiger partial charge < -0.3 is 4.90 Å². The summed E-state index contributed by atoms with van der Waals surface area (Å²) >= 11 is 6.72. The molecule has 3 aliphatic rings. The molecule has 1 saturated heterocycles. The first kappa shape index (κ1) is 12.3. The minimum atomic E-state index is 0.443. The summed E-state index contributed by atoms with van der Waals surface area (Å²) in [6, 6.07) is 0. The van der Waals surface area contributed by atoms with Crippen LogP contribution in [0.4, 0.5) is 0 Å². The highest BCUT2D eigenvalue weighted by molar-refractivity contribution is 6.21. The molecule has 0 aromatic carbocycles. The number of hydrogen-bond donors (Lipinski definition) is 0. The average molecular weight is 256 g/mol. The monoisotopic (exact) mass is 255 g/mol. The predicted molar refractivity (Wildman–Crippen MR) is 73.5 cm³/mol. The lowest BCUT2D eigenvalue weighted by Gasteiger charge is -2.41. The molecular weight excluding hydrogens is 230 g/mol. The molecule has 1 nitrogen and oxygen atoms in total. The summed E-state index contributed by atoms with van der Waals surface area (Å²) in [5.74, 6) is 0.892. The molecule has 0 unspecified atom stereocenters. The summed E-state index contributed by atoms with van der Waals surface area (Å²) in [4.78, 5) is 2.65. The predicted octanol–water partition coefficient (Wildman–Crippen LogP) is 3.91. The van der Waals surface area contributed by atoms with E-state index in [1.54, 1.807) is 0 Å². The average Bonchev–Trinajstić information content (AvgIpc) is 2.91. The molecule has 3 rings (SSSR count). The van der Waals surface area contributed by atoms with Crippen molar-refractivity contribution in [1.29, 1.82) is 0 Å². The fourth-order valence-electron chi connectivity index (χ4n) is 4.94. The molecule has 2 saturated carbocycles. The molecule has 2 heteroatoms. The van der Waals surface area contributed by atoms with Gasteiger partial charge >= 0.3 is 0 Å². The molecule has 1 heterocycles. The van der Waals surface area contributed by atoms with Gasteiger partial charge in [0.15, 0.2) is 0 Å². The third-order valence-electron chi connectivity index (χ3n) is 6.41. The van der Waals surface area contributed by atoms with E-state index in [1.807, 2.05) is 0 Å². The largest absolute Gasteiger partial charge is 0.303 e. The summed E-state index contributed by atoms with van der Waals surface area (Å²) in [7, 11) is 0. The van der Waals surface area contributed by atoms with Crippen LogP contribution in [0.5, 0.6) is 0 Å². The Morgan fingerprint density at radius 3 is 2.47 bits per heavy atom. The van der Waals surface area contributed by atoms with E-state index in [2.05, 4.69) is 18.7 Å². The van der Waals surface area contributed by atoms with Crippen LogP contribution in [0.25, 0.3) is 0 Å². The van der Waals surface area contributed by atoms with E-state index in [-0.39, 0.29) is 0 Å². The zero-order chi connectivity index (χ0) is 12.1. The van der Waals surface area contributed by atoms with Crippen LogP contribution in [0.3, 0.4) is 0 Å². The normalized spacial score (nSPS) is 44.6. The van der Waals surface area contributed by atoms with E-state index in [0.717, 1.165) is 5.92 Å². The lowest BCUT2D eigenvalue weighted by atomic mass is 9.67. The molecular formula is C15H26ClN. The maximum absolute atomic E-state index is 6.72. The second kappa shape index (κ2) is 4.13. The van der Waals surface area contributed by atoms with Crippen molar-refractivity contribution in [3.63, 3.8) is 0 Å². The fraction of sp³-hybridized carbons (Fsp3) is 1.00. The van der Waals surface area contributed by atoms with Gasteiger partial charge in [-0.1, -0.05) is 13.8 Å². The third kappa shape index (κ3) is 1.69. The summed E-state index contributed by atoms with van der Waals surface area (Å²) in [5.41, 5.74) is 0.932. The second-order valence-electron chi connectivity index (χ2n) is 7.12. The first-order valence-electron chi connectivity index (χ1n) is 7.43. The minimum absolute atomic E-state index is 0.443. The van der Waals surface area contributed by atoms with Crippen LogP contribution in [0.2, 0.25) is 0 Å². The van der Waals surface area contributed by atoms with Gasteiger partial charge in [0.05, 0.1) is 0 Å². The molecule has 0 spiro atoms. The molecule has 2 aliphatic carbocycles. The highest BCUT2D eigenvalue weighted by Gasteiger charge is 2.62. The second-order valence-corrected chi connectivity index (χ2v) is 7.64. The fourth-order valence-corrected chi connectivity index (χ4v) is 5.65. The van der Waals surface area contributed by atoms with Crippen molar-refractivity contribution in [2.24, 2.45) is 16.7 Å². The van der Waals surface area contributed by atoms with E-state index in [1.165, 1.54) is 58.2 Å². The van der Waals surface area contributed by atoms with Gasteiger partial charge in [-0.05, 0) is 74.9 Å². The summed E-state index contributed by atoms with van der Waals surface area (Å²) < 4.78 is 0.